The molecule has 5 nitrogen and oxygen atoms in total. The lowest BCUT2D eigenvalue weighted by Gasteiger charge is -2.15. The molecular formula is C20H26N2O3. The SMILES string of the molecule is Cc1c(OCC(=O)NCc2ccccc2)c(=O)ccn1CCC(C)C. The Labute approximate surface area is 148 Å². The Bertz CT molecular complexity index is 751. The summed E-state index contributed by atoms with van der Waals surface area (Å²) in [5, 5.41) is 2.79. The van der Waals surface area contributed by atoms with Crippen LogP contribution in [0.3, 0.4) is 0 Å². The molecule has 0 spiro atoms. The average molecular weight is 342 g/mol. The molecule has 0 unspecified atom stereocenters. The molecule has 0 aliphatic carbocycles. The van der Waals surface area contributed by atoms with Gasteiger partial charge in [-0.25, -0.2) is 0 Å². The van der Waals surface area contributed by atoms with Crippen molar-refractivity contribution in [1.82, 2.24) is 9.88 Å². The van der Waals surface area contributed by atoms with Gasteiger partial charge in [-0.3, -0.25) is 9.59 Å². The van der Waals surface area contributed by atoms with E-state index in [4.69, 9.17) is 4.74 Å². The van der Waals surface area contributed by atoms with Crippen molar-refractivity contribution < 1.29 is 9.53 Å². The second-order valence-electron chi connectivity index (χ2n) is 6.52. The predicted octanol–water partition coefficient (Wildman–Crippen LogP) is 2.90. The zero-order valence-electron chi connectivity index (χ0n) is 15.1. The molecular weight excluding hydrogens is 316 g/mol. The van der Waals surface area contributed by atoms with Crippen molar-refractivity contribution in [2.45, 2.75) is 40.3 Å². The molecule has 25 heavy (non-hydrogen) atoms. The number of hydrogen-bond donors (Lipinski definition) is 1. The van der Waals surface area contributed by atoms with Crippen LogP contribution in [0.5, 0.6) is 5.75 Å². The maximum Gasteiger partial charge on any atom is 0.258 e. The minimum Gasteiger partial charge on any atom is -0.478 e. The third-order valence-electron chi connectivity index (χ3n) is 4.02. The third-order valence-corrected chi connectivity index (χ3v) is 4.02. The lowest BCUT2D eigenvalue weighted by Crippen LogP contribution is -2.29. The highest BCUT2D eigenvalue weighted by Crippen LogP contribution is 2.13. The lowest BCUT2D eigenvalue weighted by atomic mass is 10.1. The highest BCUT2D eigenvalue weighted by atomic mass is 16.5. The summed E-state index contributed by atoms with van der Waals surface area (Å²) in [7, 11) is 0. The van der Waals surface area contributed by atoms with Crippen molar-refractivity contribution in [3.8, 4) is 5.75 Å². The Morgan fingerprint density at radius 3 is 2.60 bits per heavy atom. The van der Waals surface area contributed by atoms with Crippen molar-refractivity contribution in [1.29, 1.82) is 0 Å². The van der Waals surface area contributed by atoms with Crippen LogP contribution < -0.4 is 15.5 Å². The highest BCUT2D eigenvalue weighted by Gasteiger charge is 2.11. The minimum absolute atomic E-state index is 0.170. The van der Waals surface area contributed by atoms with E-state index in [-0.39, 0.29) is 23.7 Å². The second-order valence-corrected chi connectivity index (χ2v) is 6.52. The zero-order valence-corrected chi connectivity index (χ0v) is 15.1. The first-order valence-corrected chi connectivity index (χ1v) is 8.61. The number of hydrogen-bond acceptors (Lipinski definition) is 3. The number of nitrogens with zero attached hydrogens (tertiary/aromatic N) is 1. The average Bonchev–Trinajstić information content (AvgIpc) is 2.60. The highest BCUT2D eigenvalue weighted by molar-refractivity contribution is 5.77. The van der Waals surface area contributed by atoms with E-state index in [0.717, 1.165) is 24.2 Å². The Kier molecular flexibility index (Phi) is 6.81. The van der Waals surface area contributed by atoms with Crippen LogP contribution in [-0.2, 0) is 17.9 Å². The molecule has 0 radical (unpaired) electrons. The number of nitrogens with one attached hydrogen (secondary N) is 1. The standard InChI is InChI=1S/C20H26N2O3/c1-15(2)9-11-22-12-10-18(23)20(16(22)3)25-14-19(24)21-13-17-7-5-4-6-8-17/h4-8,10,12,15H,9,11,13-14H2,1-3H3,(H,21,24). The molecule has 0 aliphatic heterocycles. The van der Waals surface area contributed by atoms with E-state index in [0.29, 0.717) is 12.5 Å². The van der Waals surface area contributed by atoms with Crippen molar-refractivity contribution in [2.24, 2.45) is 5.92 Å². The first kappa shape index (κ1) is 18.8. The van der Waals surface area contributed by atoms with E-state index in [2.05, 4.69) is 19.2 Å². The van der Waals surface area contributed by atoms with Crippen molar-refractivity contribution in [2.75, 3.05) is 6.61 Å². The van der Waals surface area contributed by atoms with Crippen molar-refractivity contribution in [3.05, 3.63) is 64.1 Å². The maximum atomic E-state index is 12.1. The summed E-state index contributed by atoms with van der Waals surface area (Å²) in [6.45, 7) is 7.25. The second kappa shape index (κ2) is 9.06. The fourth-order valence-electron chi connectivity index (χ4n) is 2.45. The molecule has 2 aromatic rings. The Morgan fingerprint density at radius 2 is 1.92 bits per heavy atom. The number of pyridine rings is 1. The van der Waals surface area contributed by atoms with Gasteiger partial charge >= 0.3 is 0 Å². The van der Waals surface area contributed by atoms with Crippen LogP contribution in [0.4, 0.5) is 0 Å². The number of carbonyl (C=O) groups is 1. The van der Waals surface area contributed by atoms with E-state index >= 15 is 0 Å². The van der Waals surface area contributed by atoms with Gasteiger partial charge in [-0.15, -0.1) is 0 Å². The fraction of sp³-hybridized carbons (Fsp3) is 0.400. The van der Waals surface area contributed by atoms with Gasteiger partial charge in [0, 0.05) is 25.4 Å². The number of amides is 1. The fourth-order valence-corrected chi connectivity index (χ4v) is 2.45. The summed E-state index contributed by atoms with van der Waals surface area (Å²) >= 11 is 0. The van der Waals surface area contributed by atoms with Crippen molar-refractivity contribution >= 4 is 5.91 Å². The monoisotopic (exact) mass is 342 g/mol. The number of aromatic nitrogens is 1. The van der Waals surface area contributed by atoms with Gasteiger partial charge < -0.3 is 14.6 Å². The molecule has 0 atom stereocenters. The van der Waals surface area contributed by atoms with E-state index < -0.39 is 0 Å². The van der Waals surface area contributed by atoms with Crippen LogP contribution in [0.2, 0.25) is 0 Å². The van der Waals surface area contributed by atoms with Gasteiger partial charge in [0.2, 0.25) is 5.43 Å². The van der Waals surface area contributed by atoms with E-state index in [9.17, 15) is 9.59 Å². The maximum absolute atomic E-state index is 12.1. The summed E-state index contributed by atoms with van der Waals surface area (Å²) in [6, 6.07) is 11.1. The number of benzene rings is 1. The summed E-state index contributed by atoms with van der Waals surface area (Å²) in [5.41, 5.74) is 1.57. The van der Waals surface area contributed by atoms with Gasteiger partial charge in [-0.05, 0) is 24.8 Å². The topological polar surface area (TPSA) is 60.3 Å². The zero-order chi connectivity index (χ0) is 18.2. The molecule has 0 saturated heterocycles. The molecule has 1 heterocycles. The predicted molar refractivity (Wildman–Crippen MR) is 98.7 cm³/mol. The van der Waals surface area contributed by atoms with E-state index in [1.165, 1.54) is 6.07 Å². The lowest BCUT2D eigenvalue weighted by molar-refractivity contribution is -0.123. The third kappa shape index (κ3) is 5.78. The minimum atomic E-state index is -0.250. The smallest absolute Gasteiger partial charge is 0.258 e. The van der Waals surface area contributed by atoms with Gasteiger partial charge in [0.05, 0.1) is 5.69 Å². The molecule has 0 bridgehead atoms. The number of ether oxygens (including phenoxy) is 1. The summed E-state index contributed by atoms with van der Waals surface area (Å²) in [6.07, 6.45) is 2.79. The molecule has 0 aliphatic rings. The molecule has 1 N–H and O–H groups in total. The molecule has 0 fully saturated rings. The molecule has 1 amide bonds. The van der Waals surface area contributed by atoms with Gasteiger partial charge in [0.25, 0.3) is 5.91 Å². The number of aryl methyl sites for hydroxylation is 1. The van der Waals surface area contributed by atoms with Crippen LogP contribution in [-0.4, -0.2) is 17.1 Å². The van der Waals surface area contributed by atoms with E-state index in [1.807, 2.05) is 41.8 Å². The van der Waals surface area contributed by atoms with Gasteiger partial charge in [-0.1, -0.05) is 44.2 Å². The van der Waals surface area contributed by atoms with Gasteiger partial charge in [0.1, 0.15) is 0 Å². The number of rotatable bonds is 8. The van der Waals surface area contributed by atoms with Gasteiger partial charge in [0.15, 0.2) is 12.4 Å². The first-order valence-electron chi connectivity index (χ1n) is 8.61. The van der Waals surface area contributed by atoms with Crippen LogP contribution in [0.15, 0.2) is 47.4 Å². The molecule has 134 valence electrons. The molecule has 5 heteroatoms. The van der Waals surface area contributed by atoms with Crippen LogP contribution >= 0.6 is 0 Å². The Balaban J connectivity index is 1.94. The van der Waals surface area contributed by atoms with Crippen LogP contribution in [0, 0.1) is 12.8 Å². The van der Waals surface area contributed by atoms with Crippen molar-refractivity contribution in [3.63, 3.8) is 0 Å². The Morgan fingerprint density at radius 1 is 1.20 bits per heavy atom. The molecule has 1 aromatic heterocycles. The number of carbonyl (C=O) groups excluding carboxylic acids is 1. The molecule has 1 aromatic carbocycles. The quantitative estimate of drug-likeness (QED) is 0.802. The first-order chi connectivity index (χ1) is 12.0. The van der Waals surface area contributed by atoms with Gasteiger partial charge in [-0.2, -0.15) is 0 Å². The normalized spacial score (nSPS) is 10.7. The molecule has 0 saturated carbocycles. The van der Waals surface area contributed by atoms with Crippen LogP contribution in [0.1, 0.15) is 31.5 Å². The summed E-state index contributed by atoms with van der Waals surface area (Å²) in [5.74, 6) is 0.577. The van der Waals surface area contributed by atoms with Crippen LogP contribution in [0.25, 0.3) is 0 Å². The summed E-state index contributed by atoms with van der Waals surface area (Å²) in [4.78, 5) is 24.0. The molecule has 2 rings (SSSR count). The summed E-state index contributed by atoms with van der Waals surface area (Å²) < 4.78 is 7.52. The van der Waals surface area contributed by atoms with E-state index in [1.54, 1.807) is 6.20 Å². The largest absolute Gasteiger partial charge is 0.478 e. The Hall–Kier alpha value is -2.56.